The van der Waals surface area contributed by atoms with Gasteiger partial charge in [0.2, 0.25) is 5.91 Å². The van der Waals surface area contributed by atoms with Crippen LogP contribution in [0.5, 0.6) is 0 Å². The van der Waals surface area contributed by atoms with E-state index in [1.165, 1.54) is 19.3 Å². The van der Waals surface area contributed by atoms with Crippen LogP contribution in [0, 0.1) is 17.8 Å². The second kappa shape index (κ2) is 9.16. The van der Waals surface area contributed by atoms with Crippen LogP contribution < -0.4 is 11.1 Å². The number of allylic oxidation sites excluding steroid dienone is 1. The van der Waals surface area contributed by atoms with E-state index >= 15 is 0 Å². The molecule has 0 radical (unpaired) electrons. The Balaban J connectivity index is 2.63. The summed E-state index contributed by atoms with van der Waals surface area (Å²) in [6.07, 6.45) is 5.77. The number of carbonyl (C=O) groups is 2. The Morgan fingerprint density at radius 1 is 1.36 bits per heavy atom. The largest absolute Gasteiger partial charge is 0.393 e. The zero-order chi connectivity index (χ0) is 16.7. The van der Waals surface area contributed by atoms with Gasteiger partial charge in [-0.25, -0.2) is 4.79 Å². The van der Waals surface area contributed by atoms with Gasteiger partial charge >= 0.3 is 6.03 Å². The number of nitrogens with two attached hydrogens (primary N) is 1. The molecule has 0 aromatic heterocycles. The van der Waals surface area contributed by atoms with E-state index in [2.05, 4.69) is 11.9 Å². The van der Waals surface area contributed by atoms with Crippen LogP contribution in [0.4, 0.5) is 4.79 Å². The van der Waals surface area contributed by atoms with Crippen molar-refractivity contribution in [1.29, 1.82) is 0 Å². The predicted molar refractivity (Wildman–Crippen MR) is 87.2 cm³/mol. The third-order valence-electron chi connectivity index (χ3n) is 4.61. The van der Waals surface area contributed by atoms with Gasteiger partial charge in [-0.2, -0.15) is 0 Å². The molecule has 4 N–H and O–H groups in total. The second-order valence-corrected chi connectivity index (χ2v) is 6.87. The second-order valence-electron chi connectivity index (χ2n) is 6.33. The molecule has 1 unspecified atom stereocenters. The Morgan fingerprint density at radius 3 is 2.45 bits per heavy atom. The molecule has 5 nitrogen and oxygen atoms in total. The van der Waals surface area contributed by atoms with E-state index in [9.17, 15) is 14.7 Å². The molecule has 0 aromatic rings. The molecule has 0 heterocycles. The summed E-state index contributed by atoms with van der Waals surface area (Å²) in [6.45, 7) is 5.61. The first kappa shape index (κ1) is 19.0. The quantitative estimate of drug-likeness (QED) is 0.670. The monoisotopic (exact) mass is 330 g/mol. The fourth-order valence-electron chi connectivity index (χ4n) is 3.25. The van der Waals surface area contributed by atoms with Crippen molar-refractivity contribution < 1.29 is 14.7 Å². The highest BCUT2D eigenvalue weighted by molar-refractivity contribution is 6.29. The van der Waals surface area contributed by atoms with Gasteiger partial charge < -0.3 is 10.8 Å². The Morgan fingerprint density at radius 2 is 1.95 bits per heavy atom. The minimum Gasteiger partial charge on any atom is -0.393 e. The summed E-state index contributed by atoms with van der Waals surface area (Å²) in [4.78, 5) is 22.8. The molecule has 1 aliphatic rings. The first-order valence-corrected chi connectivity index (χ1v) is 8.30. The molecule has 22 heavy (non-hydrogen) atoms. The molecule has 1 saturated carbocycles. The number of halogens is 1. The molecule has 1 rings (SSSR count). The Kier molecular flexibility index (Phi) is 7.90. The van der Waals surface area contributed by atoms with Crippen LogP contribution in [0.1, 0.15) is 51.9 Å². The highest BCUT2D eigenvalue weighted by atomic mass is 35.5. The minimum absolute atomic E-state index is 0.118. The van der Waals surface area contributed by atoms with Crippen molar-refractivity contribution in [2.75, 3.05) is 0 Å². The molecule has 0 aliphatic heterocycles. The lowest BCUT2D eigenvalue weighted by Crippen LogP contribution is -2.41. The van der Waals surface area contributed by atoms with Crippen LogP contribution in [0.2, 0.25) is 0 Å². The molecule has 1 fully saturated rings. The zero-order valence-corrected chi connectivity index (χ0v) is 13.9. The van der Waals surface area contributed by atoms with Gasteiger partial charge in [-0.15, -0.1) is 0 Å². The third-order valence-corrected chi connectivity index (χ3v) is 4.77. The lowest BCUT2D eigenvalue weighted by atomic mass is 9.76. The van der Waals surface area contributed by atoms with Crippen molar-refractivity contribution in [3.63, 3.8) is 0 Å². The fourth-order valence-corrected chi connectivity index (χ4v) is 3.44. The number of hydrogen-bond acceptors (Lipinski definition) is 3. The topological polar surface area (TPSA) is 92.4 Å². The molecule has 6 heteroatoms. The number of nitrogens with one attached hydrogen (secondary N) is 1. The molecule has 3 atom stereocenters. The normalized spacial score (nSPS) is 20.0. The average Bonchev–Trinajstić information content (AvgIpc) is 2.45. The van der Waals surface area contributed by atoms with Gasteiger partial charge in [-0.05, 0) is 24.7 Å². The van der Waals surface area contributed by atoms with E-state index in [0.717, 1.165) is 12.8 Å². The maximum Gasteiger partial charge on any atom is 0.318 e. The SMILES string of the molecule is C=C(Cl)C[C@H](C[C@H](O)C(C)C1CCCCC1)C(=O)NC(N)=O. The number of rotatable bonds is 7. The smallest absolute Gasteiger partial charge is 0.318 e. The van der Waals surface area contributed by atoms with Gasteiger partial charge in [-0.1, -0.05) is 57.2 Å². The van der Waals surface area contributed by atoms with E-state index in [-0.39, 0.29) is 18.8 Å². The lowest BCUT2D eigenvalue weighted by molar-refractivity contribution is -0.125. The molecule has 0 aromatic carbocycles. The average molecular weight is 331 g/mol. The fraction of sp³-hybridized carbons (Fsp3) is 0.750. The summed E-state index contributed by atoms with van der Waals surface area (Å²) in [5.74, 6) is -0.502. The third kappa shape index (κ3) is 6.36. The molecule has 0 bridgehead atoms. The van der Waals surface area contributed by atoms with Crippen molar-refractivity contribution in [2.24, 2.45) is 23.5 Å². The highest BCUT2D eigenvalue weighted by Crippen LogP contribution is 2.33. The Labute approximate surface area is 137 Å². The number of aliphatic hydroxyl groups excluding tert-OH is 1. The van der Waals surface area contributed by atoms with Gasteiger partial charge in [0.1, 0.15) is 0 Å². The van der Waals surface area contributed by atoms with Crippen LogP contribution in [-0.4, -0.2) is 23.1 Å². The first-order chi connectivity index (χ1) is 10.3. The molecule has 0 saturated heterocycles. The first-order valence-electron chi connectivity index (χ1n) is 7.93. The van der Waals surface area contributed by atoms with Gasteiger partial charge in [0.15, 0.2) is 0 Å². The number of primary amides is 1. The van der Waals surface area contributed by atoms with Crippen molar-refractivity contribution >= 4 is 23.5 Å². The summed E-state index contributed by atoms with van der Waals surface area (Å²) < 4.78 is 0. The van der Waals surface area contributed by atoms with Crippen molar-refractivity contribution in [2.45, 2.75) is 58.0 Å². The highest BCUT2D eigenvalue weighted by Gasteiger charge is 2.30. The summed E-state index contributed by atoms with van der Waals surface area (Å²) in [5.41, 5.74) is 4.98. The summed E-state index contributed by atoms with van der Waals surface area (Å²) in [7, 11) is 0. The van der Waals surface area contributed by atoms with Crippen LogP contribution in [0.25, 0.3) is 0 Å². The lowest BCUT2D eigenvalue weighted by Gasteiger charge is -2.32. The van der Waals surface area contributed by atoms with Gasteiger partial charge in [0.25, 0.3) is 0 Å². The molecule has 3 amide bonds. The molecule has 1 aliphatic carbocycles. The number of hydrogen-bond donors (Lipinski definition) is 3. The minimum atomic E-state index is -0.898. The standard InChI is InChI=1S/C16H27ClN2O3/c1-10(17)8-13(15(21)19-16(18)22)9-14(20)11(2)12-6-4-3-5-7-12/h11-14,20H,1,3-9H2,2H3,(H3,18,19,21,22)/t11?,13-,14+/m1/s1. The molecular formula is C16H27ClN2O3. The summed E-state index contributed by atoms with van der Waals surface area (Å²) >= 11 is 5.79. The zero-order valence-electron chi connectivity index (χ0n) is 13.2. The van der Waals surface area contributed by atoms with E-state index in [0.29, 0.717) is 11.0 Å². The van der Waals surface area contributed by atoms with Crippen LogP contribution in [0.15, 0.2) is 11.6 Å². The summed E-state index contributed by atoms with van der Waals surface area (Å²) in [6, 6.07) is -0.898. The number of aliphatic hydroxyl groups is 1. The van der Waals surface area contributed by atoms with E-state index < -0.39 is 24.0 Å². The van der Waals surface area contributed by atoms with Gasteiger partial charge in [-0.3, -0.25) is 10.1 Å². The Hall–Kier alpha value is -1.07. The van der Waals surface area contributed by atoms with Gasteiger partial charge in [0, 0.05) is 11.0 Å². The van der Waals surface area contributed by atoms with Crippen molar-refractivity contribution in [3.8, 4) is 0 Å². The number of amides is 3. The Bertz CT molecular complexity index is 408. The van der Waals surface area contributed by atoms with Crippen molar-refractivity contribution in [1.82, 2.24) is 5.32 Å². The van der Waals surface area contributed by atoms with E-state index in [1.807, 2.05) is 6.92 Å². The predicted octanol–water partition coefficient (Wildman–Crippen LogP) is 2.91. The maximum absolute atomic E-state index is 12.0. The van der Waals surface area contributed by atoms with E-state index in [1.54, 1.807) is 0 Å². The molecule has 0 spiro atoms. The van der Waals surface area contributed by atoms with Crippen molar-refractivity contribution in [3.05, 3.63) is 11.6 Å². The van der Waals surface area contributed by atoms with E-state index in [4.69, 9.17) is 17.3 Å². The van der Waals surface area contributed by atoms with Gasteiger partial charge in [0.05, 0.1) is 6.10 Å². The van der Waals surface area contributed by atoms with Crippen LogP contribution >= 0.6 is 11.6 Å². The number of imide groups is 1. The van der Waals surface area contributed by atoms with Crippen LogP contribution in [-0.2, 0) is 4.79 Å². The molecule has 126 valence electrons. The van der Waals surface area contributed by atoms with Crippen LogP contribution in [0.3, 0.4) is 0 Å². The summed E-state index contributed by atoms with van der Waals surface area (Å²) in [5, 5.41) is 12.8. The maximum atomic E-state index is 12.0. The number of urea groups is 1. The molecular weight excluding hydrogens is 304 g/mol. The number of carbonyl (C=O) groups excluding carboxylic acids is 2.